The zero-order chi connectivity index (χ0) is 21.5. The van der Waals surface area contributed by atoms with Crippen LogP contribution in [-0.4, -0.2) is 6.54 Å². The number of rotatable bonds is 9. The van der Waals surface area contributed by atoms with Gasteiger partial charge in [0.25, 0.3) is 0 Å². The lowest BCUT2D eigenvalue weighted by molar-refractivity contribution is 0.444. The summed E-state index contributed by atoms with van der Waals surface area (Å²) in [7, 11) is 0. The van der Waals surface area contributed by atoms with E-state index in [-0.39, 0.29) is 0 Å². The summed E-state index contributed by atoms with van der Waals surface area (Å²) in [6, 6.07) is 25.8. The fraction of sp³-hybridized carbons (Fsp3) is 0.214. The summed E-state index contributed by atoms with van der Waals surface area (Å²) in [5.41, 5.74) is 8.06. The van der Waals surface area contributed by atoms with Crippen LogP contribution in [0.25, 0.3) is 5.70 Å². The van der Waals surface area contributed by atoms with Crippen molar-refractivity contribution in [3.05, 3.63) is 109 Å². The van der Waals surface area contributed by atoms with Crippen molar-refractivity contribution < 1.29 is 0 Å². The molecule has 1 heterocycles. The molecule has 0 aliphatic carbocycles. The van der Waals surface area contributed by atoms with Gasteiger partial charge in [-0.2, -0.15) is 0 Å². The molecule has 1 aliphatic heterocycles. The smallest absolute Gasteiger partial charge is 0.0626 e. The van der Waals surface area contributed by atoms with Crippen LogP contribution < -0.4 is 16.0 Å². The van der Waals surface area contributed by atoms with Gasteiger partial charge in [0.05, 0.1) is 11.4 Å². The van der Waals surface area contributed by atoms with E-state index in [9.17, 15) is 0 Å². The van der Waals surface area contributed by atoms with Crippen molar-refractivity contribution >= 4 is 22.8 Å². The molecule has 158 valence electrons. The van der Waals surface area contributed by atoms with Gasteiger partial charge in [0, 0.05) is 23.5 Å². The quantitative estimate of drug-likeness (QED) is 0.342. The number of fused-ring (bicyclic) bond motifs is 2. The number of hydrogen-bond acceptors (Lipinski definition) is 3. The summed E-state index contributed by atoms with van der Waals surface area (Å²) in [6.45, 7) is 8.98. The van der Waals surface area contributed by atoms with E-state index in [1.165, 1.54) is 11.1 Å². The predicted octanol–water partition coefficient (Wildman–Crippen LogP) is 6.74. The molecule has 4 rings (SSSR count). The first-order valence-electron chi connectivity index (χ1n) is 11.1. The normalized spacial score (nSPS) is 13.1. The Balaban J connectivity index is 1.45. The van der Waals surface area contributed by atoms with E-state index >= 15 is 0 Å². The van der Waals surface area contributed by atoms with Crippen molar-refractivity contribution in [3.63, 3.8) is 0 Å². The Morgan fingerprint density at radius 3 is 2.45 bits per heavy atom. The molecule has 3 N–H and O–H groups in total. The highest BCUT2D eigenvalue weighted by Crippen LogP contribution is 2.36. The molecule has 1 atom stereocenters. The summed E-state index contributed by atoms with van der Waals surface area (Å²) in [6.07, 6.45) is 6.24. The van der Waals surface area contributed by atoms with Crippen LogP contribution in [0.3, 0.4) is 0 Å². The average Bonchev–Trinajstić information content (AvgIpc) is 2.93. The summed E-state index contributed by atoms with van der Waals surface area (Å²) in [4.78, 5) is 0. The van der Waals surface area contributed by atoms with E-state index in [1.54, 1.807) is 6.20 Å². The Kier molecular flexibility index (Phi) is 6.73. The fourth-order valence-corrected chi connectivity index (χ4v) is 4.25. The number of para-hydroxylation sites is 1. The highest BCUT2D eigenvalue weighted by atomic mass is 15.0. The van der Waals surface area contributed by atoms with Crippen molar-refractivity contribution in [2.75, 3.05) is 17.2 Å². The van der Waals surface area contributed by atoms with E-state index < -0.39 is 0 Å². The topological polar surface area (TPSA) is 36.1 Å². The first-order chi connectivity index (χ1) is 15.2. The molecule has 0 saturated carbocycles. The monoisotopic (exact) mass is 409 g/mol. The molecule has 3 aromatic carbocycles. The molecule has 0 spiro atoms. The molecular formula is C28H31N3. The van der Waals surface area contributed by atoms with Crippen LogP contribution in [0.1, 0.15) is 29.5 Å². The van der Waals surface area contributed by atoms with Gasteiger partial charge in [-0.3, -0.25) is 0 Å². The molecule has 0 amide bonds. The van der Waals surface area contributed by atoms with Gasteiger partial charge in [-0.1, -0.05) is 67.8 Å². The summed E-state index contributed by atoms with van der Waals surface area (Å²) < 4.78 is 0. The van der Waals surface area contributed by atoms with Crippen molar-refractivity contribution in [3.8, 4) is 0 Å². The predicted molar refractivity (Wildman–Crippen MR) is 134 cm³/mol. The number of benzene rings is 3. The van der Waals surface area contributed by atoms with Gasteiger partial charge in [-0.15, -0.1) is 0 Å². The highest BCUT2D eigenvalue weighted by Gasteiger charge is 2.16. The van der Waals surface area contributed by atoms with E-state index in [2.05, 4.69) is 89.8 Å². The molecule has 0 bridgehead atoms. The van der Waals surface area contributed by atoms with E-state index in [0.717, 1.165) is 60.6 Å². The highest BCUT2D eigenvalue weighted by molar-refractivity contribution is 5.92. The third-order valence-corrected chi connectivity index (χ3v) is 5.94. The van der Waals surface area contributed by atoms with Gasteiger partial charge < -0.3 is 16.0 Å². The number of hydrogen-bond donors (Lipinski definition) is 3. The maximum atomic E-state index is 4.24. The lowest BCUT2D eigenvalue weighted by Gasteiger charge is -2.18. The first kappa shape index (κ1) is 20.8. The molecule has 3 nitrogen and oxygen atoms in total. The molecule has 1 aliphatic rings. The lowest BCUT2D eigenvalue weighted by Crippen LogP contribution is -2.15. The second kappa shape index (κ2) is 10.0. The van der Waals surface area contributed by atoms with Gasteiger partial charge in [-0.05, 0) is 67.1 Å². The largest absolute Gasteiger partial charge is 0.391 e. The van der Waals surface area contributed by atoms with Gasteiger partial charge in [0.15, 0.2) is 0 Å². The SMILES string of the molecule is C=CNCCC(CCc1ccc2c(c1)NC(=C)c1ccccc1N2)Cc1ccccc1. The van der Waals surface area contributed by atoms with Crippen LogP contribution in [0, 0.1) is 5.92 Å². The molecule has 0 saturated heterocycles. The minimum Gasteiger partial charge on any atom is -0.391 e. The molecule has 0 radical (unpaired) electrons. The number of aryl methyl sites for hydroxylation is 1. The van der Waals surface area contributed by atoms with Crippen LogP contribution in [0.5, 0.6) is 0 Å². The van der Waals surface area contributed by atoms with Crippen LogP contribution in [0.2, 0.25) is 0 Å². The zero-order valence-electron chi connectivity index (χ0n) is 18.0. The second-order valence-electron chi connectivity index (χ2n) is 8.20. The van der Waals surface area contributed by atoms with Gasteiger partial charge in [0.1, 0.15) is 0 Å². The Hall–Kier alpha value is -3.46. The Morgan fingerprint density at radius 2 is 1.61 bits per heavy atom. The Morgan fingerprint density at radius 1 is 0.806 bits per heavy atom. The van der Waals surface area contributed by atoms with Crippen molar-refractivity contribution in [2.45, 2.75) is 25.7 Å². The van der Waals surface area contributed by atoms with Gasteiger partial charge in [-0.25, -0.2) is 0 Å². The minimum absolute atomic E-state index is 0.624. The van der Waals surface area contributed by atoms with Crippen LogP contribution in [-0.2, 0) is 12.8 Å². The molecule has 0 aromatic heterocycles. The minimum atomic E-state index is 0.624. The lowest BCUT2D eigenvalue weighted by atomic mass is 9.90. The van der Waals surface area contributed by atoms with Gasteiger partial charge in [0.2, 0.25) is 0 Å². The Labute approximate surface area is 185 Å². The van der Waals surface area contributed by atoms with E-state index in [1.807, 2.05) is 12.1 Å². The molecule has 1 unspecified atom stereocenters. The molecule has 0 fully saturated rings. The zero-order valence-corrected chi connectivity index (χ0v) is 18.0. The third kappa shape index (κ3) is 5.37. The summed E-state index contributed by atoms with van der Waals surface area (Å²) in [5, 5.41) is 10.3. The van der Waals surface area contributed by atoms with Crippen LogP contribution >= 0.6 is 0 Å². The maximum Gasteiger partial charge on any atom is 0.0626 e. The molecule has 3 aromatic rings. The fourth-order valence-electron chi connectivity index (χ4n) is 4.25. The van der Waals surface area contributed by atoms with Crippen molar-refractivity contribution in [1.82, 2.24) is 5.32 Å². The second-order valence-corrected chi connectivity index (χ2v) is 8.20. The number of anilines is 3. The third-order valence-electron chi connectivity index (χ3n) is 5.94. The van der Waals surface area contributed by atoms with Crippen LogP contribution in [0.4, 0.5) is 17.1 Å². The standard InChI is InChI=1S/C28H31N3/c1-3-29-18-17-24(19-22-9-5-4-6-10-22)14-13-23-15-16-27-28(20-23)30-21(2)25-11-7-8-12-26(25)31-27/h3-12,15-16,20,24,29-31H,1-2,13-14,17-19H2. The molecule has 3 heteroatoms. The number of nitrogens with one attached hydrogen (secondary N) is 3. The average molecular weight is 410 g/mol. The summed E-state index contributed by atoms with van der Waals surface area (Å²) >= 11 is 0. The van der Waals surface area contributed by atoms with Gasteiger partial charge >= 0.3 is 0 Å². The maximum absolute atomic E-state index is 4.24. The molecular weight excluding hydrogens is 378 g/mol. The first-order valence-corrected chi connectivity index (χ1v) is 11.1. The Bertz CT molecular complexity index is 1040. The molecule has 31 heavy (non-hydrogen) atoms. The van der Waals surface area contributed by atoms with Crippen molar-refractivity contribution in [2.24, 2.45) is 5.92 Å². The van der Waals surface area contributed by atoms with Crippen LogP contribution in [0.15, 0.2) is 92.2 Å². The van der Waals surface area contributed by atoms with E-state index in [0.29, 0.717) is 5.92 Å². The summed E-state index contributed by atoms with van der Waals surface area (Å²) in [5.74, 6) is 0.624. The van der Waals surface area contributed by atoms with Crippen molar-refractivity contribution in [1.29, 1.82) is 0 Å². The van der Waals surface area contributed by atoms with E-state index in [4.69, 9.17) is 0 Å².